The Morgan fingerprint density at radius 2 is 1.09 bits per heavy atom. The molecule has 0 N–H and O–H groups in total. The lowest BCUT2D eigenvalue weighted by Gasteiger charge is -2.07. The second-order valence-corrected chi connectivity index (χ2v) is 5.15. The Hall–Kier alpha value is -3.07. The van der Waals surface area contributed by atoms with Gasteiger partial charge < -0.3 is 0 Å². The Balaban J connectivity index is 1.97. The van der Waals surface area contributed by atoms with Crippen LogP contribution in [0.2, 0.25) is 0 Å². The van der Waals surface area contributed by atoms with Gasteiger partial charge in [-0.05, 0) is 10.8 Å². The van der Waals surface area contributed by atoms with Crippen LogP contribution in [-0.4, -0.2) is 15.8 Å². The number of hydrogen-bond acceptors (Lipinski definition) is 3. The fraction of sp³-hybridized carbons (Fsp3) is 0. The molecule has 0 aliphatic rings. The summed E-state index contributed by atoms with van der Waals surface area (Å²) in [5, 5.41) is 3.74. The van der Waals surface area contributed by atoms with Crippen LogP contribution in [0.3, 0.4) is 0 Å². The molecule has 3 nitrogen and oxygen atoms in total. The lowest BCUT2D eigenvalue weighted by atomic mass is 9.97. The van der Waals surface area contributed by atoms with E-state index in [9.17, 15) is 4.79 Å². The first-order valence-electron chi connectivity index (χ1n) is 7.05. The monoisotopic (exact) mass is 284 g/mol. The molecule has 2 aromatic heterocycles. The highest BCUT2D eigenvalue weighted by atomic mass is 16.1. The summed E-state index contributed by atoms with van der Waals surface area (Å²) in [5.74, 6) is -0.0476. The molecule has 0 bridgehead atoms. The van der Waals surface area contributed by atoms with E-state index < -0.39 is 0 Å². The van der Waals surface area contributed by atoms with E-state index in [1.165, 1.54) is 0 Å². The first kappa shape index (κ1) is 12.7. The molecule has 0 saturated heterocycles. The molecule has 4 rings (SSSR count). The van der Waals surface area contributed by atoms with Crippen LogP contribution in [0.4, 0.5) is 0 Å². The zero-order valence-electron chi connectivity index (χ0n) is 11.7. The average molecular weight is 284 g/mol. The summed E-state index contributed by atoms with van der Waals surface area (Å²) in [4.78, 5) is 21.4. The molecule has 0 radical (unpaired) electrons. The van der Waals surface area contributed by atoms with Gasteiger partial charge >= 0.3 is 0 Å². The molecule has 0 unspecified atom stereocenters. The van der Waals surface area contributed by atoms with Gasteiger partial charge in [0.2, 0.25) is 0 Å². The van der Waals surface area contributed by atoms with Gasteiger partial charge in [0.15, 0.2) is 5.78 Å². The van der Waals surface area contributed by atoms with Gasteiger partial charge in [0.25, 0.3) is 0 Å². The lowest BCUT2D eigenvalue weighted by molar-refractivity contribution is 0.104. The third-order valence-corrected chi connectivity index (χ3v) is 3.83. The van der Waals surface area contributed by atoms with Gasteiger partial charge in [-0.1, -0.05) is 48.5 Å². The molecule has 4 aromatic rings. The minimum absolute atomic E-state index is 0.0476. The number of carbonyl (C=O) groups excluding carboxylic acids is 1. The highest BCUT2D eigenvalue weighted by Crippen LogP contribution is 2.24. The second kappa shape index (κ2) is 5.04. The zero-order chi connectivity index (χ0) is 14.9. The molecule has 2 aromatic carbocycles. The van der Waals surface area contributed by atoms with Crippen molar-refractivity contribution in [1.82, 2.24) is 9.97 Å². The number of fused-ring (bicyclic) bond motifs is 2. The molecule has 0 fully saturated rings. The van der Waals surface area contributed by atoms with E-state index in [2.05, 4.69) is 9.97 Å². The maximum Gasteiger partial charge on any atom is 0.197 e. The van der Waals surface area contributed by atoms with Crippen molar-refractivity contribution < 1.29 is 4.79 Å². The Bertz CT molecular complexity index is 916. The normalized spacial score (nSPS) is 10.9. The smallest absolute Gasteiger partial charge is 0.197 e. The SMILES string of the molecule is O=C(c1cncc2ccccc12)c1cncc2ccccc12. The zero-order valence-corrected chi connectivity index (χ0v) is 11.7. The Labute approximate surface area is 127 Å². The highest BCUT2D eigenvalue weighted by molar-refractivity contribution is 6.20. The standard InChI is InChI=1S/C19H12N2O/c22-19(17-11-20-9-13-5-1-3-7-15(13)17)18-12-21-10-14-6-2-4-8-16(14)18/h1-12H. The second-order valence-electron chi connectivity index (χ2n) is 5.15. The lowest BCUT2D eigenvalue weighted by Crippen LogP contribution is -2.04. The minimum Gasteiger partial charge on any atom is -0.288 e. The van der Waals surface area contributed by atoms with Crippen molar-refractivity contribution in [3.8, 4) is 0 Å². The van der Waals surface area contributed by atoms with E-state index in [-0.39, 0.29) is 5.78 Å². The van der Waals surface area contributed by atoms with Gasteiger partial charge in [-0.2, -0.15) is 0 Å². The molecule has 22 heavy (non-hydrogen) atoms. The van der Waals surface area contributed by atoms with Crippen molar-refractivity contribution >= 4 is 27.3 Å². The quantitative estimate of drug-likeness (QED) is 0.522. The van der Waals surface area contributed by atoms with Gasteiger partial charge in [-0.25, -0.2) is 0 Å². The minimum atomic E-state index is -0.0476. The Kier molecular flexibility index (Phi) is 2.90. The van der Waals surface area contributed by atoms with Crippen LogP contribution < -0.4 is 0 Å². The number of hydrogen-bond donors (Lipinski definition) is 0. The van der Waals surface area contributed by atoms with Crippen molar-refractivity contribution in [2.45, 2.75) is 0 Å². The molecular formula is C19H12N2O. The fourth-order valence-electron chi connectivity index (χ4n) is 2.74. The summed E-state index contributed by atoms with van der Waals surface area (Å²) in [6.07, 6.45) is 6.81. The molecule has 2 heterocycles. The third-order valence-electron chi connectivity index (χ3n) is 3.83. The van der Waals surface area contributed by atoms with Crippen molar-refractivity contribution in [2.75, 3.05) is 0 Å². The van der Waals surface area contributed by atoms with E-state index >= 15 is 0 Å². The van der Waals surface area contributed by atoms with E-state index in [1.54, 1.807) is 24.8 Å². The van der Waals surface area contributed by atoms with Crippen LogP contribution in [0, 0.1) is 0 Å². The average Bonchev–Trinajstić information content (AvgIpc) is 2.60. The van der Waals surface area contributed by atoms with Crippen LogP contribution in [0.15, 0.2) is 73.3 Å². The van der Waals surface area contributed by atoms with Crippen LogP contribution in [0.5, 0.6) is 0 Å². The molecule has 0 saturated carbocycles. The summed E-state index contributed by atoms with van der Waals surface area (Å²) < 4.78 is 0. The van der Waals surface area contributed by atoms with Crippen LogP contribution in [0.25, 0.3) is 21.5 Å². The van der Waals surface area contributed by atoms with E-state index in [0.717, 1.165) is 21.5 Å². The number of nitrogens with zero attached hydrogens (tertiary/aromatic N) is 2. The van der Waals surface area contributed by atoms with Crippen molar-refractivity contribution in [3.63, 3.8) is 0 Å². The van der Waals surface area contributed by atoms with E-state index in [0.29, 0.717) is 11.1 Å². The van der Waals surface area contributed by atoms with Crippen molar-refractivity contribution in [1.29, 1.82) is 0 Å². The highest BCUT2D eigenvalue weighted by Gasteiger charge is 2.15. The first-order chi connectivity index (χ1) is 10.8. The Morgan fingerprint density at radius 1 is 0.636 bits per heavy atom. The molecule has 0 atom stereocenters. The van der Waals surface area contributed by atoms with E-state index in [4.69, 9.17) is 0 Å². The third kappa shape index (κ3) is 1.95. The predicted octanol–water partition coefficient (Wildman–Crippen LogP) is 4.01. The largest absolute Gasteiger partial charge is 0.288 e. The van der Waals surface area contributed by atoms with Gasteiger partial charge in [-0.15, -0.1) is 0 Å². The number of aromatic nitrogens is 2. The van der Waals surface area contributed by atoms with Gasteiger partial charge in [0.1, 0.15) is 0 Å². The fourth-order valence-corrected chi connectivity index (χ4v) is 2.74. The van der Waals surface area contributed by atoms with Crippen LogP contribution in [-0.2, 0) is 0 Å². The number of pyridine rings is 2. The molecular weight excluding hydrogens is 272 g/mol. The van der Waals surface area contributed by atoms with Crippen LogP contribution in [0.1, 0.15) is 15.9 Å². The summed E-state index contributed by atoms with van der Waals surface area (Å²) in [5.41, 5.74) is 1.22. The van der Waals surface area contributed by atoms with Gasteiger partial charge in [0, 0.05) is 46.7 Å². The Morgan fingerprint density at radius 3 is 1.59 bits per heavy atom. The summed E-state index contributed by atoms with van der Waals surface area (Å²) >= 11 is 0. The van der Waals surface area contributed by atoms with Gasteiger partial charge in [-0.3, -0.25) is 14.8 Å². The predicted molar refractivity (Wildman–Crippen MR) is 86.9 cm³/mol. The molecule has 104 valence electrons. The number of rotatable bonds is 2. The maximum atomic E-state index is 13.0. The number of benzene rings is 2. The number of carbonyl (C=O) groups is 1. The molecule has 0 spiro atoms. The van der Waals surface area contributed by atoms with Crippen molar-refractivity contribution in [2.24, 2.45) is 0 Å². The van der Waals surface area contributed by atoms with Crippen LogP contribution >= 0.6 is 0 Å². The summed E-state index contributed by atoms with van der Waals surface area (Å²) in [6.45, 7) is 0. The molecule has 0 aliphatic heterocycles. The van der Waals surface area contributed by atoms with E-state index in [1.807, 2.05) is 48.5 Å². The molecule has 0 amide bonds. The molecule has 3 heteroatoms. The maximum absolute atomic E-state index is 13.0. The first-order valence-corrected chi connectivity index (χ1v) is 7.05. The van der Waals surface area contributed by atoms with Crippen molar-refractivity contribution in [3.05, 3.63) is 84.4 Å². The topological polar surface area (TPSA) is 42.9 Å². The summed E-state index contributed by atoms with van der Waals surface area (Å²) in [6, 6.07) is 15.6. The van der Waals surface area contributed by atoms with Gasteiger partial charge in [0.05, 0.1) is 0 Å². The summed E-state index contributed by atoms with van der Waals surface area (Å²) in [7, 11) is 0. The molecule has 0 aliphatic carbocycles. The number of ketones is 1.